The largest absolute Gasteiger partial charge is 0.348 e. The molecule has 0 saturated heterocycles. The van der Waals surface area contributed by atoms with Gasteiger partial charge in [0.25, 0.3) is 5.88 Å². The van der Waals surface area contributed by atoms with Crippen molar-refractivity contribution in [2.45, 2.75) is 0 Å². The van der Waals surface area contributed by atoms with Gasteiger partial charge in [0, 0.05) is 0 Å². The van der Waals surface area contributed by atoms with E-state index in [1.54, 1.807) is 0 Å². The molecule has 0 unspecified atom stereocenters. The van der Waals surface area contributed by atoms with Crippen molar-refractivity contribution in [1.82, 2.24) is 9.97 Å². The van der Waals surface area contributed by atoms with Crippen LogP contribution < -0.4 is 10.8 Å². The van der Waals surface area contributed by atoms with Crippen molar-refractivity contribution in [2.75, 3.05) is 0 Å². The molecule has 8 heavy (non-hydrogen) atoms. The van der Waals surface area contributed by atoms with E-state index < -0.39 is 0 Å². The first kappa shape index (κ1) is 5.07. The molecule has 0 amide bonds. The monoisotopic (exact) mass is 115 g/mol. The summed E-state index contributed by atoms with van der Waals surface area (Å²) in [5.74, 6) is 4.86. The second kappa shape index (κ2) is 2.29. The van der Waals surface area contributed by atoms with E-state index in [4.69, 9.17) is 0 Å². The molecule has 1 heterocycles. The molecule has 0 radical (unpaired) electrons. The molecule has 0 spiro atoms. The first-order chi connectivity index (χ1) is 3.93. The lowest BCUT2D eigenvalue weighted by Crippen LogP contribution is -2.02. The van der Waals surface area contributed by atoms with Gasteiger partial charge in [-0.1, -0.05) is 4.99 Å². The van der Waals surface area contributed by atoms with E-state index in [1.165, 1.54) is 12.5 Å². The van der Waals surface area contributed by atoms with Crippen LogP contribution in [0.4, 0.5) is 0 Å². The molecule has 0 aliphatic heterocycles. The standard InChI is InChI=1S/C3H5N3O2/c4-8-7-3-1-5-2-6-3/h1-2H,4H2,(H,5,6). The summed E-state index contributed by atoms with van der Waals surface area (Å²) in [6, 6.07) is 0. The summed E-state index contributed by atoms with van der Waals surface area (Å²) in [7, 11) is 0. The minimum atomic E-state index is 0.313. The maximum Gasteiger partial charge on any atom is 0.275 e. The topological polar surface area (TPSA) is 73.2 Å². The summed E-state index contributed by atoms with van der Waals surface area (Å²) in [6.45, 7) is 0. The Balaban J connectivity index is 2.50. The number of nitrogens with two attached hydrogens (primary N) is 1. The summed E-state index contributed by atoms with van der Waals surface area (Å²) in [6.07, 6.45) is 2.96. The summed E-state index contributed by atoms with van der Waals surface area (Å²) < 4.78 is 0. The Labute approximate surface area is 45.3 Å². The zero-order chi connectivity index (χ0) is 5.82. The maximum absolute atomic E-state index is 4.54. The van der Waals surface area contributed by atoms with Crippen molar-refractivity contribution in [3.63, 3.8) is 0 Å². The highest BCUT2D eigenvalue weighted by Crippen LogP contribution is 1.99. The van der Waals surface area contributed by atoms with E-state index >= 15 is 0 Å². The number of aromatic amines is 1. The van der Waals surface area contributed by atoms with Gasteiger partial charge in [-0.2, -0.15) is 10.9 Å². The predicted octanol–water partition coefficient (Wildman–Crippen LogP) is -0.406. The summed E-state index contributed by atoms with van der Waals surface area (Å²) in [5.41, 5.74) is 0. The minimum Gasteiger partial charge on any atom is -0.348 e. The lowest BCUT2D eigenvalue weighted by atomic mass is 10.9. The summed E-state index contributed by atoms with van der Waals surface area (Å²) in [5, 5.41) is 0. The third-order valence-electron chi connectivity index (χ3n) is 0.607. The fourth-order valence-electron chi connectivity index (χ4n) is 0.342. The number of imidazole rings is 1. The number of H-pyrrole nitrogens is 1. The molecule has 0 bridgehead atoms. The Hall–Kier alpha value is -1.07. The van der Waals surface area contributed by atoms with Gasteiger partial charge >= 0.3 is 0 Å². The first-order valence-corrected chi connectivity index (χ1v) is 1.95. The molecule has 1 aromatic heterocycles. The van der Waals surface area contributed by atoms with Crippen LogP contribution in [0.3, 0.4) is 0 Å². The molecule has 1 aromatic rings. The van der Waals surface area contributed by atoms with Gasteiger partial charge in [0.15, 0.2) is 0 Å². The highest BCUT2D eigenvalue weighted by molar-refractivity contribution is 4.99. The molecule has 44 valence electrons. The molecule has 0 fully saturated rings. The number of rotatable bonds is 2. The van der Waals surface area contributed by atoms with Crippen LogP contribution >= 0.6 is 0 Å². The van der Waals surface area contributed by atoms with Crippen molar-refractivity contribution < 1.29 is 9.88 Å². The molecular weight excluding hydrogens is 110 g/mol. The van der Waals surface area contributed by atoms with Crippen LogP contribution in [-0.2, 0) is 4.99 Å². The van der Waals surface area contributed by atoms with Crippen LogP contribution in [0.1, 0.15) is 0 Å². The average molecular weight is 115 g/mol. The summed E-state index contributed by atoms with van der Waals surface area (Å²) in [4.78, 5) is 14.4. The van der Waals surface area contributed by atoms with Gasteiger partial charge in [-0.3, -0.25) is 4.89 Å². The van der Waals surface area contributed by atoms with Crippen molar-refractivity contribution in [3.05, 3.63) is 12.5 Å². The van der Waals surface area contributed by atoms with Gasteiger partial charge in [0.2, 0.25) is 0 Å². The van der Waals surface area contributed by atoms with Gasteiger partial charge < -0.3 is 4.98 Å². The van der Waals surface area contributed by atoms with Gasteiger partial charge in [-0.15, -0.1) is 0 Å². The number of nitrogens with zero attached hydrogens (tertiary/aromatic N) is 1. The highest BCUT2D eigenvalue weighted by atomic mass is 17.3. The zero-order valence-electron chi connectivity index (χ0n) is 4.00. The second-order valence-electron chi connectivity index (χ2n) is 1.09. The Bertz CT molecular complexity index is 138. The third-order valence-corrected chi connectivity index (χ3v) is 0.607. The van der Waals surface area contributed by atoms with Crippen LogP contribution in [-0.4, -0.2) is 9.97 Å². The maximum atomic E-state index is 4.54. The molecule has 0 aliphatic carbocycles. The third kappa shape index (κ3) is 0.955. The normalized spacial score (nSPS) is 9.12. The van der Waals surface area contributed by atoms with Crippen LogP contribution in [0.15, 0.2) is 12.5 Å². The molecule has 0 atom stereocenters. The lowest BCUT2D eigenvalue weighted by molar-refractivity contribution is -0.214. The highest BCUT2D eigenvalue weighted by Gasteiger charge is 1.90. The molecule has 3 N–H and O–H groups in total. The van der Waals surface area contributed by atoms with E-state index in [2.05, 4.69) is 25.7 Å². The van der Waals surface area contributed by atoms with Gasteiger partial charge in [0.1, 0.15) is 0 Å². The average Bonchev–Trinajstić information content (AvgIpc) is 2.19. The number of nitrogens with one attached hydrogen (secondary N) is 1. The lowest BCUT2D eigenvalue weighted by Gasteiger charge is -1.89. The van der Waals surface area contributed by atoms with Crippen molar-refractivity contribution in [1.29, 1.82) is 0 Å². The van der Waals surface area contributed by atoms with Crippen molar-refractivity contribution in [3.8, 4) is 5.88 Å². The zero-order valence-corrected chi connectivity index (χ0v) is 4.00. The van der Waals surface area contributed by atoms with E-state index in [-0.39, 0.29) is 0 Å². The van der Waals surface area contributed by atoms with Crippen LogP contribution in [0.2, 0.25) is 0 Å². The molecule has 1 rings (SSSR count). The molecule has 0 aliphatic rings. The van der Waals surface area contributed by atoms with E-state index in [9.17, 15) is 0 Å². The molecule has 5 heteroatoms. The first-order valence-electron chi connectivity index (χ1n) is 1.95. The van der Waals surface area contributed by atoms with Gasteiger partial charge in [0.05, 0.1) is 12.5 Å². The smallest absolute Gasteiger partial charge is 0.275 e. The quantitative estimate of drug-likeness (QED) is 0.406. The van der Waals surface area contributed by atoms with Gasteiger partial charge in [-0.05, 0) is 0 Å². The Morgan fingerprint density at radius 1 is 1.75 bits per heavy atom. The SMILES string of the molecule is NOOc1c[nH]cn1. The molecule has 0 saturated carbocycles. The number of hydrogen-bond acceptors (Lipinski definition) is 4. The van der Waals surface area contributed by atoms with Crippen molar-refractivity contribution >= 4 is 0 Å². The van der Waals surface area contributed by atoms with Crippen molar-refractivity contribution in [2.24, 2.45) is 5.90 Å². The fourth-order valence-corrected chi connectivity index (χ4v) is 0.342. The molecular formula is C3H5N3O2. The minimum absolute atomic E-state index is 0.313. The van der Waals surface area contributed by atoms with E-state index in [1.807, 2.05) is 0 Å². The molecule has 5 nitrogen and oxygen atoms in total. The Kier molecular flexibility index (Phi) is 1.45. The Morgan fingerprint density at radius 3 is 3.12 bits per heavy atom. The van der Waals surface area contributed by atoms with Crippen LogP contribution in [0.25, 0.3) is 0 Å². The second-order valence-corrected chi connectivity index (χ2v) is 1.09. The molecule has 0 aromatic carbocycles. The van der Waals surface area contributed by atoms with E-state index in [0.717, 1.165) is 0 Å². The fraction of sp³-hybridized carbons (Fsp3) is 0. The van der Waals surface area contributed by atoms with E-state index in [0.29, 0.717) is 5.88 Å². The number of aromatic nitrogens is 2. The van der Waals surface area contributed by atoms with Crippen LogP contribution in [0, 0.1) is 0 Å². The number of hydrogen-bond donors (Lipinski definition) is 2. The summed E-state index contributed by atoms with van der Waals surface area (Å²) >= 11 is 0. The predicted molar refractivity (Wildman–Crippen MR) is 24.5 cm³/mol. The van der Waals surface area contributed by atoms with Gasteiger partial charge in [-0.25, -0.2) is 0 Å². The van der Waals surface area contributed by atoms with Crippen LogP contribution in [0.5, 0.6) is 5.88 Å². The Morgan fingerprint density at radius 2 is 2.62 bits per heavy atom.